The van der Waals surface area contributed by atoms with E-state index in [1.54, 1.807) is 4.90 Å². The molecule has 0 atom stereocenters. The Balaban J connectivity index is 2.65. The molecule has 1 aromatic rings. The molecule has 0 spiro atoms. The third-order valence-electron chi connectivity index (χ3n) is 3.04. The lowest BCUT2D eigenvalue weighted by atomic mass is 10.1. The normalized spacial score (nSPS) is 11.3. The van der Waals surface area contributed by atoms with E-state index in [2.05, 4.69) is 24.0 Å². The molecule has 0 radical (unpaired) electrons. The molecule has 0 saturated carbocycles. The first-order valence-corrected chi connectivity index (χ1v) is 8.23. The quantitative estimate of drug-likeness (QED) is 0.514. The highest BCUT2D eigenvalue weighted by Crippen LogP contribution is 2.39. The Labute approximate surface area is 145 Å². The number of nitrogens with zero attached hydrogens (tertiary/aromatic N) is 2. The third-order valence-corrected chi connectivity index (χ3v) is 3.60. The van der Waals surface area contributed by atoms with Crippen molar-refractivity contribution in [1.82, 2.24) is 10.1 Å². The molecule has 124 valence electrons. The van der Waals surface area contributed by atoms with Gasteiger partial charge in [-0.05, 0) is 19.8 Å². The van der Waals surface area contributed by atoms with Crippen LogP contribution in [0.2, 0.25) is 0 Å². The molecule has 0 fully saturated rings. The number of unbranched alkanes of at least 4 members (excludes halogenated alkanes) is 2. The van der Waals surface area contributed by atoms with Crippen molar-refractivity contribution in [3.05, 3.63) is 24.1 Å². The van der Waals surface area contributed by atoms with Gasteiger partial charge in [-0.1, -0.05) is 66.3 Å². The first-order valence-electron chi connectivity index (χ1n) is 7.09. The molecule has 1 rings (SSSR count). The zero-order valence-corrected chi connectivity index (χ0v) is 14.9. The van der Waals surface area contributed by atoms with Gasteiger partial charge in [0.05, 0.1) is 0 Å². The van der Waals surface area contributed by atoms with Crippen molar-refractivity contribution in [1.29, 1.82) is 0 Å². The molecule has 0 unspecified atom stereocenters. The number of hydrogen-bond donors (Lipinski definition) is 1. The molecule has 0 aromatic carbocycles. The summed E-state index contributed by atoms with van der Waals surface area (Å²) in [6, 6.07) is 1.03. The molecule has 1 heterocycles. The SMILES string of the molecule is C=C(CCCCC)N(CC)C(=O)Nc1cc(C(Cl)(Cl)Cl)on1. The molecule has 0 aliphatic heterocycles. The van der Waals surface area contributed by atoms with Crippen LogP contribution in [0.4, 0.5) is 10.6 Å². The van der Waals surface area contributed by atoms with Gasteiger partial charge < -0.3 is 4.52 Å². The number of nitrogens with one attached hydrogen (secondary N) is 1. The number of aromatic nitrogens is 1. The summed E-state index contributed by atoms with van der Waals surface area (Å²) >= 11 is 17.0. The Bertz CT molecular complexity index is 512. The van der Waals surface area contributed by atoms with E-state index in [1.165, 1.54) is 6.07 Å². The van der Waals surface area contributed by atoms with Crippen LogP contribution >= 0.6 is 34.8 Å². The summed E-state index contributed by atoms with van der Waals surface area (Å²) in [4.78, 5) is 13.8. The molecule has 0 bridgehead atoms. The number of carbonyl (C=O) groups excluding carboxylic acids is 1. The fraction of sp³-hybridized carbons (Fsp3) is 0.571. The lowest BCUT2D eigenvalue weighted by Crippen LogP contribution is -2.33. The number of halogens is 3. The Hall–Kier alpha value is -0.910. The monoisotopic (exact) mass is 367 g/mol. The van der Waals surface area contributed by atoms with Crippen molar-refractivity contribution < 1.29 is 9.32 Å². The number of allylic oxidation sites excluding steroid dienone is 1. The average Bonchev–Trinajstić information content (AvgIpc) is 2.88. The van der Waals surface area contributed by atoms with Gasteiger partial charge in [0.15, 0.2) is 11.6 Å². The topological polar surface area (TPSA) is 58.4 Å². The van der Waals surface area contributed by atoms with E-state index in [0.717, 1.165) is 31.4 Å². The average molecular weight is 369 g/mol. The smallest absolute Gasteiger partial charge is 0.327 e. The van der Waals surface area contributed by atoms with Gasteiger partial charge in [-0.25, -0.2) is 4.79 Å². The van der Waals surface area contributed by atoms with E-state index in [0.29, 0.717) is 6.54 Å². The summed E-state index contributed by atoms with van der Waals surface area (Å²) in [7, 11) is 0. The molecule has 1 N–H and O–H groups in total. The van der Waals surface area contributed by atoms with E-state index in [4.69, 9.17) is 39.3 Å². The summed E-state index contributed by atoms with van der Waals surface area (Å²) in [6.45, 7) is 8.47. The Kier molecular flexibility index (Phi) is 7.53. The molecule has 8 heteroatoms. The summed E-state index contributed by atoms with van der Waals surface area (Å²) in [5.41, 5.74) is 0.763. The van der Waals surface area contributed by atoms with E-state index < -0.39 is 3.79 Å². The van der Waals surface area contributed by atoms with E-state index >= 15 is 0 Å². The molecule has 2 amide bonds. The highest BCUT2D eigenvalue weighted by Gasteiger charge is 2.29. The van der Waals surface area contributed by atoms with Crippen molar-refractivity contribution in [3.8, 4) is 0 Å². The summed E-state index contributed by atoms with van der Waals surface area (Å²) in [5, 5.41) is 6.26. The summed E-state index contributed by atoms with van der Waals surface area (Å²) < 4.78 is 3.16. The molecule has 5 nitrogen and oxygen atoms in total. The lowest BCUT2D eigenvalue weighted by Gasteiger charge is -2.23. The second kappa shape index (κ2) is 8.65. The van der Waals surface area contributed by atoms with Crippen LogP contribution in [0.25, 0.3) is 0 Å². The van der Waals surface area contributed by atoms with E-state index in [-0.39, 0.29) is 17.6 Å². The highest BCUT2D eigenvalue weighted by atomic mass is 35.6. The number of carbonyl (C=O) groups is 1. The zero-order valence-electron chi connectivity index (χ0n) is 12.7. The van der Waals surface area contributed by atoms with Crippen LogP contribution in [0.15, 0.2) is 22.9 Å². The molecule has 0 aliphatic carbocycles. The summed E-state index contributed by atoms with van der Waals surface area (Å²) in [6.07, 6.45) is 3.99. The van der Waals surface area contributed by atoms with Crippen molar-refractivity contribution in [2.75, 3.05) is 11.9 Å². The molecular weight excluding hydrogens is 349 g/mol. The van der Waals surface area contributed by atoms with E-state index in [9.17, 15) is 4.79 Å². The largest absolute Gasteiger partial charge is 0.355 e. The van der Waals surface area contributed by atoms with Gasteiger partial charge in [0, 0.05) is 18.3 Å². The number of urea groups is 1. The van der Waals surface area contributed by atoms with Gasteiger partial charge in [-0.3, -0.25) is 10.2 Å². The number of hydrogen-bond acceptors (Lipinski definition) is 3. The van der Waals surface area contributed by atoms with Gasteiger partial charge in [0.1, 0.15) is 0 Å². The maximum Gasteiger partial charge on any atom is 0.327 e. The van der Waals surface area contributed by atoms with Gasteiger partial charge in [-0.15, -0.1) is 0 Å². The van der Waals surface area contributed by atoms with Crippen LogP contribution in [0.5, 0.6) is 0 Å². The fourth-order valence-corrected chi connectivity index (χ4v) is 2.14. The maximum absolute atomic E-state index is 12.3. The molecule has 0 saturated heterocycles. The Morgan fingerprint density at radius 2 is 2.09 bits per heavy atom. The molecule has 1 aromatic heterocycles. The minimum absolute atomic E-state index is 0.0395. The first kappa shape index (κ1) is 19.1. The standard InChI is InChI=1S/C14H20Cl3N3O2/c1-4-6-7-8-10(3)20(5-2)13(21)18-12-9-11(22-19-12)14(15,16)17/h9H,3-8H2,1-2H3,(H,18,19,21). The number of rotatable bonds is 7. The Morgan fingerprint density at radius 1 is 1.41 bits per heavy atom. The predicted molar refractivity (Wildman–Crippen MR) is 90.4 cm³/mol. The van der Waals surface area contributed by atoms with E-state index in [1.807, 2.05) is 6.92 Å². The van der Waals surface area contributed by atoms with Crippen LogP contribution < -0.4 is 5.32 Å². The Morgan fingerprint density at radius 3 is 2.59 bits per heavy atom. The van der Waals surface area contributed by atoms with Crippen LogP contribution in [-0.2, 0) is 3.79 Å². The zero-order chi connectivity index (χ0) is 16.8. The van der Waals surface area contributed by atoms with Crippen LogP contribution in [0.1, 0.15) is 45.3 Å². The predicted octanol–water partition coefficient (Wildman–Crippen LogP) is 5.45. The van der Waals surface area contributed by atoms with Crippen molar-refractivity contribution >= 4 is 46.7 Å². The first-order chi connectivity index (χ1) is 10.3. The fourth-order valence-electron chi connectivity index (χ4n) is 1.87. The van der Waals surface area contributed by atoms with Crippen molar-refractivity contribution in [3.63, 3.8) is 0 Å². The van der Waals surface area contributed by atoms with Crippen LogP contribution in [0.3, 0.4) is 0 Å². The molecular formula is C14H20Cl3N3O2. The second-order valence-corrected chi connectivity index (χ2v) is 7.05. The van der Waals surface area contributed by atoms with Gasteiger partial charge in [0.25, 0.3) is 3.79 Å². The third kappa shape index (κ3) is 5.71. The van der Waals surface area contributed by atoms with Crippen LogP contribution in [-0.4, -0.2) is 22.6 Å². The number of anilines is 1. The molecule has 0 aliphatic rings. The van der Waals surface area contributed by atoms with Crippen LogP contribution in [0, 0.1) is 0 Å². The number of alkyl halides is 3. The minimum atomic E-state index is -1.72. The van der Waals surface area contributed by atoms with Gasteiger partial charge in [0.2, 0.25) is 0 Å². The van der Waals surface area contributed by atoms with Crippen molar-refractivity contribution in [2.24, 2.45) is 0 Å². The minimum Gasteiger partial charge on any atom is -0.355 e. The maximum atomic E-state index is 12.3. The lowest BCUT2D eigenvalue weighted by molar-refractivity contribution is 0.225. The highest BCUT2D eigenvalue weighted by molar-refractivity contribution is 6.66. The van der Waals surface area contributed by atoms with Gasteiger partial charge >= 0.3 is 6.03 Å². The molecule has 22 heavy (non-hydrogen) atoms. The van der Waals surface area contributed by atoms with Gasteiger partial charge in [-0.2, -0.15) is 0 Å². The second-order valence-electron chi connectivity index (χ2n) is 4.77. The summed E-state index contributed by atoms with van der Waals surface area (Å²) in [5.74, 6) is 0.226. The van der Waals surface area contributed by atoms with Crippen molar-refractivity contribution in [2.45, 2.75) is 43.3 Å². The number of amides is 2.